The van der Waals surface area contributed by atoms with Crippen LogP contribution in [-0.2, 0) is 6.54 Å². The Hall–Kier alpha value is -0.670. The maximum absolute atomic E-state index is 12.9. The van der Waals surface area contributed by atoms with E-state index in [1.54, 1.807) is 12.1 Å². The Kier molecular flexibility index (Phi) is 5.58. The Bertz CT molecular complexity index is 336. The first-order valence-electron chi connectivity index (χ1n) is 5.00. The van der Waals surface area contributed by atoms with Gasteiger partial charge >= 0.3 is 0 Å². The zero-order valence-electron chi connectivity index (χ0n) is 8.76. The summed E-state index contributed by atoms with van der Waals surface area (Å²) in [4.78, 5) is 0. The van der Waals surface area contributed by atoms with E-state index in [1.807, 2.05) is 13.0 Å². The minimum atomic E-state index is -0.191. The molecular formula is C12H15BrFN. The summed E-state index contributed by atoms with van der Waals surface area (Å²) in [6.07, 6.45) is 5.14. The van der Waals surface area contributed by atoms with Gasteiger partial charge in [0.15, 0.2) is 0 Å². The van der Waals surface area contributed by atoms with Crippen LogP contribution < -0.4 is 5.32 Å². The minimum absolute atomic E-state index is 0.191. The Morgan fingerprint density at radius 3 is 3.00 bits per heavy atom. The van der Waals surface area contributed by atoms with E-state index in [2.05, 4.69) is 27.3 Å². The van der Waals surface area contributed by atoms with Crippen LogP contribution in [0.5, 0.6) is 0 Å². The predicted molar refractivity (Wildman–Crippen MR) is 65.2 cm³/mol. The van der Waals surface area contributed by atoms with Gasteiger partial charge in [0.05, 0.1) is 0 Å². The molecule has 15 heavy (non-hydrogen) atoms. The van der Waals surface area contributed by atoms with Crippen molar-refractivity contribution in [3.05, 3.63) is 46.2 Å². The van der Waals surface area contributed by atoms with E-state index in [1.165, 1.54) is 6.07 Å². The Morgan fingerprint density at radius 2 is 2.27 bits per heavy atom. The maximum Gasteiger partial charge on any atom is 0.123 e. The van der Waals surface area contributed by atoms with Gasteiger partial charge in [-0.25, -0.2) is 4.39 Å². The van der Waals surface area contributed by atoms with Crippen molar-refractivity contribution in [1.29, 1.82) is 0 Å². The summed E-state index contributed by atoms with van der Waals surface area (Å²) in [6.45, 7) is 3.60. The second-order valence-electron chi connectivity index (χ2n) is 3.27. The fourth-order valence-corrected chi connectivity index (χ4v) is 1.64. The van der Waals surface area contributed by atoms with Gasteiger partial charge in [-0.2, -0.15) is 0 Å². The highest BCUT2D eigenvalue weighted by molar-refractivity contribution is 9.10. The molecule has 0 heterocycles. The summed E-state index contributed by atoms with van der Waals surface area (Å²) in [5, 5.41) is 3.26. The highest BCUT2D eigenvalue weighted by Gasteiger charge is 2.00. The summed E-state index contributed by atoms with van der Waals surface area (Å²) < 4.78 is 13.9. The summed E-state index contributed by atoms with van der Waals surface area (Å²) in [5.74, 6) is -0.191. The molecular weight excluding hydrogens is 257 g/mol. The molecule has 0 atom stereocenters. The molecule has 0 spiro atoms. The lowest BCUT2D eigenvalue weighted by molar-refractivity contribution is 0.620. The van der Waals surface area contributed by atoms with Crippen molar-refractivity contribution in [1.82, 2.24) is 5.32 Å². The number of benzene rings is 1. The van der Waals surface area contributed by atoms with E-state index < -0.39 is 0 Å². The largest absolute Gasteiger partial charge is 0.312 e. The number of rotatable bonds is 5. The summed E-state index contributed by atoms with van der Waals surface area (Å²) in [5.41, 5.74) is 0.954. The number of hydrogen-bond acceptors (Lipinski definition) is 1. The Balaban J connectivity index is 2.40. The van der Waals surface area contributed by atoms with Crippen LogP contribution in [0, 0.1) is 5.82 Å². The fourth-order valence-electron chi connectivity index (χ4n) is 1.25. The van der Waals surface area contributed by atoms with Gasteiger partial charge in [-0.3, -0.25) is 0 Å². The first kappa shape index (κ1) is 12.4. The third-order valence-electron chi connectivity index (χ3n) is 2.05. The molecule has 1 aromatic rings. The average molecular weight is 272 g/mol. The van der Waals surface area contributed by atoms with Crippen LogP contribution in [-0.4, -0.2) is 6.54 Å². The Morgan fingerprint density at radius 1 is 1.47 bits per heavy atom. The second-order valence-corrected chi connectivity index (χ2v) is 4.12. The van der Waals surface area contributed by atoms with Gasteiger partial charge in [-0.1, -0.05) is 28.1 Å². The molecule has 3 heteroatoms. The van der Waals surface area contributed by atoms with E-state index in [0.29, 0.717) is 6.54 Å². The SMILES string of the molecule is C/C=C/CCNCc1cc(F)ccc1Br. The van der Waals surface area contributed by atoms with Gasteiger partial charge < -0.3 is 5.32 Å². The highest BCUT2D eigenvalue weighted by Crippen LogP contribution is 2.17. The van der Waals surface area contributed by atoms with E-state index in [9.17, 15) is 4.39 Å². The molecule has 0 unspecified atom stereocenters. The van der Waals surface area contributed by atoms with Crippen LogP contribution in [0.4, 0.5) is 4.39 Å². The molecule has 0 bridgehead atoms. The normalized spacial score (nSPS) is 11.1. The van der Waals surface area contributed by atoms with Crippen LogP contribution in [0.1, 0.15) is 18.9 Å². The third-order valence-corrected chi connectivity index (χ3v) is 2.82. The lowest BCUT2D eigenvalue weighted by Gasteiger charge is -2.05. The van der Waals surface area contributed by atoms with Crippen molar-refractivity contribution in [2.45, 2.75) is 19.9 Å². The van der Waals surface area contributed by atoms with Gasteiger partial charge in [0.25, 0.3) is 0 Å². The van der Waals surface area contributed by atoms with Crippen molar-refractivity contribution in [2.75, 3.05) is 6.54 Å². The molecule has 1 N–H and O–H groups in total. The fraction of sp³-hybridized carbons (Fsp3) is 0.333. The van der Waals surface area contributed by atoms with Gasteiger partial charge in [0.2, 0.25) is 0 Å². The molecule has 0 aliphatic heterocycles. The molecule has 0 saturated heterocycles. The van der Waals surface area contributed by atoms with Gasteiger partial charge in [-0.05, 0) is 43.7 Å². The van der Waals surface area contributed by atoms with E-state index in [4.69, 9.17) is 0 Å². The molecule has 0 fully saturated rings. The van der Waals surface area contributed by atoms with Crippen molar-refractivity contribution in [3.63, 3.8) is 0 Å². The molecule has 82 valence electrons. The molecule has 1 nitrogen and oxygen atoms in total. The van der Waals surface area contributed by atoms with Crippen molar-refractivity contribution < 1.29 is 4.39 Å². The molecule has 1 aromatic carbocycles. The number of allylic oxidation sites excluding steroid dienone is 1. The molecule has 0 saturated carbocycles. The van der Waals surface area contributed by atoms with Crippen molar-refractivity contribution in [3.8, 4) is 0 Å². The summed E-state index contributed by atoms with van der Waals surface area (Å²) >= 11 is 3.39. The molecule has 0 radical (unpaired) electrons. The third kappa shape index (κ3) is 4.58. The first-order chi connectivity index (χ1) is 7.24. The van der Waals surface area contributed by atoms with Crippen LogP contribution in [0.2, 0.25) is 0 Å². The van der Waals surface area contributed by atoms with E-state index >= 15 is 0 Å². The van der Waals surface area contributed by atoms with Crippen molar-refractivity contribution >= 4 is 15.9 Å². The molecule has 0 aliphatic rings. The summed E-state index contributed by atoms with van der Waals surface area (Å²) in [6, 6.07) is 4.73. The van der Waals surface area contributed by atoms with Crippen LogP contribution in [0.3, 0.4) is 0 Å². The quantitative estimate of drug-likeness (QED) is 0.637. The van der Waals surface area contributed by atoms with Crippen LogP contribution in [0.15, 0.2) is 34.8 Å². The lowest BCUT2D eigenvalue weighted by Crippen LogP contribution is -2.14. The zero-order valence-corrected chi connectivity index (χ0v) is 10.3. The molecule has 0 amide bonds. The highest BCUT2D eigenvalue weighted by atomic mass is 79.9. The van der Waals surface area contributed by atoms with E-state index in [-0.39, 0.29) is 5.82 Å². The van der Waals surface area contributed by atoms with Crippen LogP contribution in [0.25, 0.3) is 0 Å². The molecule has 1 rings (SSSR count). The van der Waals surface area contributed by atoms with Gasteiger partial charge in [-0.15, -0.1) is 0 Å². The maximum atomic E-state index is 12.9. The predicted octanol–water partition coefficient (Wildman–Crippen LogP) is 3.64. The minimum Gasteiger partial charge on any atom is -0.312 e. The van der Waals surface area contributed by atoms with Crippen LogP contribution >= 0.6 is 15.9 Å². The molecule has 0 aliphatic carbocycles. The van der Waals surface area contributed by atoms with Crippen molar-refractivity contribution in [2.24, 2.45) is 0 Å². The van der Waals surface area contributed by atoms with Gasteiger partial charge in [0, 0.05) is 11.0 Å². The zero-order chi connectivity index (χ0) is 11.1. The smallest absolute Gasteiger partial charge is 0.123 e. The van der Waals surface area contributed by atoms with Gasteiger partial charge in [0.1, 0.15) is 5.82 Å². The van der Waals surface area contributed by atoms with E-state index in [0.717, 1.165) is 23.0 Å². The second kappa shape index (κ2) is 6.75. The monoisotopic (exact) mass is 271 g/mol. The Labute approximate surface area is 98.5 Å². The lowest BCUT2D eigenvalue weighted by atomic mass is 10.2. The number of nitrogens with one attached hydrogen (secondary N) is 1. The number of halogens is 2. The summed E-state index contributed by atoms with van der Waals surface area (Å²) in [7, 11) is 0. The number of hydrogen-bond donors (Lipinski definition) is 1. The average Bonchev–Trinajstić information content (AvgIpc) is 2.23. The topological polar surface area (TPSA) is 12.0 Å². The first-order valence-corrected chi connectivity index (χ1v) is 5.79. The molecule has 0 aromatic heterocycles. The standard InChI is InChI=1S/C12H15BrFN/c1-2-3-4-7-15-9-10-8-11(14)5-6-12(10)13/h2-3,5-6,8,15H,4,7,9H2,1H3/b3-2+.